The van der Waals surface area contributed by atoms with Gasteiger partial charge in [0.25, 0.3) is 0 Å². The molecular weight excluding hydrogens is 244 g/mol. The maximum Gasteiger partial charge on any atom is 0.115 e. The summed E-state index contributed by atoms with van der Waals surface area (Å²) in [6.07, 6.45) is 9.14. The summed E-state index contributed by atoms with van der Waals surface area (Å²) >= 11 is 0. The molecule has 2 aliphatic rings. The molecule has 2 aliphatic carbocycles. The van der Waals surface area contributed by atoms with Gasteiger partial charge in [-0.25, -0.2) is 0 Å². The molecule has 0 heterocycles. The molecule has 0 saturated heterocycles. The fraction of sp³-hybridized carbons (Fsp3) is 0.222. The van der Waals surface area contributed by atoms with Crippen molar-refractivity contribution in [3.8, 4) is 0 Å². The third kappa shape index (κ3) is 2.51. The minimum atomic E-state index is -2.02. The van der Waals surface area contributed by atoms with Crippen molar-refractivity contribution in [3.05, 3.63) is 85.0 Å². The fourth-order valence-electron chi connectivity index (χ4n) is 3.16. The van der Waals surface area contributed by atoms with Crippen LogP contribution in [0.2, 0.25) is 0 Å². The Balaban J connectivity index is 2.32. The molecule has 0 bridgehead atoms. The van der Waals surface area contributed by atoms with Gasteiger partial charge in [-0.3, -0.25) is 0 Å². The van der Waals surface area contributed by atoms with Crippen molar-refractivity contribution in [2.75, 3.05) is 0 Å². The molecule has 0 atom stereocenters. The quantitative estimate of drug-likeness (QED) is 0.664. The van der Waals surface area contributed by atoms with Gasteiger partial charge in [-0.05, 0) is 60.4 Å². The summed E-state index contributed by atoms with van der Waals surface area (Å²) in [6, 6.07) is 0. The van der Waals surface area contributed by atoms with Crippen molar-refractivity contribution >= 4 is 8.07 Å². The molecule has 0 aromatic carbocycles. The number of hydrogen-bond acceptors (Lipinski definition) is 0. The molecule has 10 radical (unpaired) electrons. The number of hydrogen-bond donors (Lipinski definition) is 0. The molecule has 0 aliphatic heterocycles. The molecule has 2 rings (SSSR count). The first kappa shape index (κ1) is 15.1. The minimum absolute atomic E-state index is 1.33. The third-order valence-electron chi connectivity index (χ3n) is 4.02. The van der Waals surface area contributed by atoms with E-state index in [1.54, 1.807) is 0 Å². The van der Waals surface area contributed by atoms with E-state index in [1.165, 1.54) is 34.8 Å². The van der Waals surface area contributed by atoms with Gasteiger partial charge in [0.15, 0.2) is 0 Å². The van der Waals surface area contributed by atoms with E-state index in [9.17, 15) is 0 Å². The van der Waals surface area contributed by atoms with E-state index < -0.39 is 8.07 Å². The molecule has 98 valence electrons. The SMILES string of the molecule is C=C[Si](C=C)([C]1[CH][C](C)[CH][C]1C)[C]1[CH][C](C)[CH][C]1C. The summed E-state index contributed by atoms with van der Waals surface area (Å²) in [6.45, 7) is 17.0. The lowest BCUT2D eigenvalue weighted by atomic mass is 10.1. The van der Waals surface area contributed by atoms with Crippen LogP contribution < -0.4 is 0 Å². The molecular formula is C18H22Si. The summed E-state index contributed by atoms with van der Waals surface area (Å²) in [4.78, 5) is 0. The number of rotatable bonds is 4. The van der Waals surface area contributed by atoms with Crippen LogP contribution in [0.4, 0.5) is 0 Å². The van der Waals surface area contributed by atoms with Gasteiger partial charge in [-0.15, -0.1) is 13.2 Å². The zero-order chi connectivity index (χ0) is 14.2. The lowest BCUT2D eigenvalue weighted by Gasteiger charge is -2.40. The summed E-state index contributed by atoms with van der Waals surface area (Å²) in [5.74, 6) is 5.38. The molecule has 19 heavy (non-hydrogen) atoms. The highest BCUT2D eigenvalue weighted by Crippen LogP contribution is 2.54. The Kier molecular flexibility index (Phi) is 4.44. The van der Waals surface area contributed by atoms with Crippen LogP contribution in [-0.4, -0.2) is 8.07 Å². The van der Waals surface area contributed by atoms with E-state index in [-0.39, 0.29) is 0 Å². The zero-order valence-electron chi connectivity index (χ0n) is 12.4. The van der Waals surface area contributed by atoms with Crippen molar-refractivity contribution in [1.82, 2.24) is 0 Å². The standard InChI is InChI=1S/C18H22Si/c1-7-19(8-2,17-11-13(3)9-15(17)5)18-12-14(4)10-16(18)6/h7-12H,1-2H2,3-6H3. The average Bonchev–Trinajstić information content (AvgIpc) is 2.86. The van der Waals surface area contributed by atoms with Crippen molar-refractivity contribution in [3.63, 3.8) is 0 Å². The topological polar surface area (TPSA) is 0 Å². The highest BCUT2D eigenvalue weighted by atomic mass is 28.3. The molecule has 2 saturated carbocycles. The van der Waals surface area contributed by atoms with E-state index in [1.807, 2.05) is 0 Å². The van der Waals surface area contributed by atoms with Gasteiger partial charge in [0.1, 0.15) is 8.07 Å². The third-order valence-corrected chi connectivity index (χ3v) is 8.17. The average molecular weight is 266 g/mol. The van der Waals surface area contributed by atoms with Crippen LogP contribution >= 0.6 is 0 Å². The van der Waals surface area contributed by atoms with Crippen molar-refractivity contribution in [2.45, 2.75) is 27.7 Å². The van der Waals surface area contributed by atoms with Crippen molar-refractivity contribution in [2.24, 2.45) is 0 Å². The summed E-state index contributed by atoms with van der Waals surface area (Å²) in [5, 5.41) is 0. The van der Waals surface area contributed by atoms with E-state index in [0.29, 0.717) is 0 Å². The van der Waals surface area contributed by atoms with Crippen molar-refractivity contribution < 1.29 is 0 Å². The Morgan fingerprint density at radius 1 is 0.737 bits per heavy atom. The van der Waals surface area contributed by atoms with Crippen molar-refractivity contribution in [1.29, 1.82) is 0 Å². The lowest BCUT2D eigenvalue weighted by molar-refractivity contribution is 1.13. The normalized spacial score (nSPS) is 26.3. The molecule has 0 unspecified atom stereocenters. The second-order valence-electron chi connectivity index (χ2n) is 5.54. The zero-order valence-corrected chi connectivity index (χ0v) is 13.4. The van der Waals surface area contributed by atoms with Crippen LogP contribution in [0.15, 0.2) is 24.6 Å². The molecule has 0 aromatic heterocycles. The van der Waals surface area contributed by atoms with Crippen LogP contribution in [0.3, 0.4) is 0 Å². The maximum absolute atomic E-state index is 4.15. The largest absolute Gasteiger partial charge is 0.115 e. The predicted molar refractivity (Wildman–Crippen MR) is 85.5 cm³/mol. The first-order valence-corrected chi connectivity index (χ1v) is 8.86. The van der Waals surface area contributed by atoms with Crippen LogP contribution in [0.25, 0.3) is 0 Å². The molecule has 1 heteroatoms. The maximum atomic E-state index is 4.15. The molecule has 0 N–H and O–H groups in total. The lowest BCUT2D eigenvalue weighted by Crippen LogP contribution is -2.47. The summed E-state index contributed by atoms with van der Waals surface area (Å²) < 4.78 is 0. The minimum Gasteiger partial charge on any atom is -0.107 e. The molecule has 2 fully saturated rings. The second kappa shape index (κ2) is 5.59. The monoisotopic (exact) mass is 266 g/mol. The second-order valence-corrected chi connectivity index (χ2v) is 9.17. The van der Waals surface area contributed by atoms with Crippen LogP contribution in [0.1, 0.15) is 27.7 Å². The first-order valence-electron chi connectivity index (χ1n) is 6.70. The van der Waals surface area contributed by atoms with E-state index in [4.69, 9.17) is 0 Å². The van der Waals surface area contributed by atoms with Gasteiger partial charge in [-0.2, -0.15) is 0 Å². The van der Waals surface area contributed by atoms with Gasteiger partial charge in [0.2, 0.25) is 0 Å². The van der Waals surface area contributed by atoms with Gasteiger partial charge >= 0.3 is 0 Å². The van der Waals surface area contributed by atoms with Crippen LogP contribution in [-0.2, 0) is 0 Å². The fourth-order valence-corrected chi connectivity index (χ4v) is 6.88. The Morgan fingerprint density at radius 3 is 1.32 bits per heavy atom. The van der Waals surface area contributed by atoms with E-state index in [0.717, 1.165) is 0 Å². The van der Waals surface area contributed by atoms with Gasteiger partial charge in [0, 0.05) is 0 Å². The Labute approximate surface area is 121 Å². The van der Waals surface area contributed by atoms with E-state index in [2.05, 4.69) is 77.9 Å². The Hall–Kier alpha value is -0.303. The molecule has 0 spiro atoms. The molecule has 0 aromatic rings. The van der Waals surface area contributed by atoms with Crippen LogP contribution in [0, 0.1) is 60.4 Å². The molecule has 0 amide bonds. The highest BCUT2D eigenvalue weighted by Gasteiger charge is 2.53. The summed E-state index contributed by atoms with van der Waals surface area (Å²) in [5.41, 5.74) is 7.18. The summed E-state index contributed by atoms with van der Waals surface area (Å²) in [7, 11) is -2.02. The van der Waals surface area contributed by atoms with Gasteiger partial charge in [-0.1, -0.05) is 39.1 Å². The Bertz CT molecular complexity index is 312. The van der Waals surface area contributed by atoms with Gasteiger partial charge in [0.05, 0.1) is 0 Å². The van der Waals surface area contributed by atoms with Crippen LogP contribution in [0.5, 0.6) is 0 Å². The first-order chi connectivity index (χ1) is 8.94. The highest BCUT2D eigenvalue weighted by molar-refractivity contribution is 6.99. The molecule has 0 nitrogen and oxygen atoms in total. The Morgan fingerprint density at radius 2 is 1.11 bits per heavy atom. The van der Waals surface area contributed by atoms with E-state index >= 15 is 0 Å². The smallest absolute Gasteiger partial charge is 0.107 e. The van der Waals surface area contributed by atoms with Gasteiger partial charge < -0.3 is 0 Å². The predicted octanol–water partition coefficient (Wildman–Crippen LogP) is 4.33.